The fourth-order valence-electron chi connectivity index (χ4n) is 1.34. The van der Waals surface area contributed by atoms with Crippen molar-refractivity contribution in [3.63, 3.8) is 0 Å². The SMILES string of the molecule is CCCC(N)C(O)C(=O)C[C@@H](C)CC. The summed E-state index contributed by atoms with van der Waals surface area (Å²) in [5.41, 5.74) is 5.67. The van der Waals surface area contributed by atoms with E-state index in [1.807, 2.05) is 20.8 Å². The molecule has 3 atom stereocenters. The van der Waals surface area contributed by atoms with E-state index in [9.17, 15) is 9.90 Å². The Morgan fingerprint density at radius 3 is 2.43 bits per heavy atom. The maximum Gasteiger partial charge on any atom is 0.163 e. The van der Waals surface area contributed by atoms with Crippen LogP contribution in [0, 0.1) is 5.92 Å². The molecular formula is C11H23NO2. The van der Waals surface area contributed by atoms with Gasteiger partial charge in [-0.05, 0) is 12.3 Å². The smallest absolute Gasteiger partial charge is 0.163 e. The molecule has 0 fully saturated rings. The second kappa shape index (κ2) is 6.96. The summed E-state index contributed by atoms with van der Waals surface area (Å²) in [6, 6.07) is -0.392. The van der Waals surface area contributed by atoms with E-state index in [-0.39, 0.29) is 5.78 Å². The van der Waals surface area contributed by atoms with Gasteiger partial charge in [-0.15, -0.1) is 0 Å². The van der Waals surface area contributed by atoms with Crippen molar-refractivity contribution in [2.45, 2.75) is 58.6 Å². The quantitative estimate of drug-likeness (QED) is 0.656. The Balaban J connectivity index is 3.98. The predicted octanol–water partition coefficient (Wildman–Crippen LogP) is 1.48. The minimum absolute atomic E-state index is 0.111. The van der Waals surface area contributed by atoms with Gasteiger partial charge in [-0.25, -0.2) is 0 Å². The third kappa shape index (κ3) is 4.72. The van der Waals surface area contributed by atoms with Crippen LogP contribution in [0.25, 0.3) is 0 Å². The van der Waals surface area contributed by atoms with E-state index in [1.165, 1.54) is 0 Å². The van der Waals surface area contributed by atoms with Crippen LogP contribution in [0.2, 0.25) is 0 Å². The number of hydrogen-bond acceptors (Lipinski definition) is 3. The fourth-order valence-corrected chi connectivity index (χ4v) is 1.34. The summed E-state index contributed by atoms with van der Waals surface area (Å²) in [6.07, 6.45) is 2.03. The Labute approximate surface area is 86.7 Å². The molecule has 0 amide bonds. The molecule has 0 aromatic carbocycles. The number of aliphatic hydroxyl groups excluding tert-OH is 1. The average molecular weight is 201 g/mol. The number of hydrogen-bond donors (Lipinski definition) is 2. The number of Topliss-reactive ketones (excluding diaryl/α,β-unsaturated/α-hetero) is 1. The predicted molar refractivity (Wildman–Crippen MR) is 58.0 cm³/mol. The molecule has 0 saturated heterocycles. The van der Waals surface area contributed by atoms with Gasteiger partial charge in [0.15, 0.2) is 5.78 Å². The van der Waals surface area contributed by atoms with Gasteiger partial charge in [0.2, 0.25) is 0 Å². The number of aliphatic hydroxyl groups is 1. The van der Waals surface area contributed by atoms with Gasteiger partial charge in [0, 0.05) is 12.5 Å². The van der Waals surface area contributed by atoms with Crippen LogP contribution in [-0.4, -0.2) is 23.0 Å². The van der Waals surface area contributed by atoms with Gasteiger partial charge in [0.25, 0.3) is 0 Å². The third-order valence-electron chi connectivity index (χ3n) is 2.60. The van der Waals surface area contributed by atoms with Crippen LogP contribution in [0.5, 0.6) is 0 Å². The first kappa shape index (κ1) is 13.6. The van der Waals surface area contributed by atoms with E-state index >= 15 is 0 Å². The van der Waals surface area contributed by atoms with Gasteiger partial charge in [-0.1, -0.05) is 33.6 Å². The van der Waals surface area contributed by atoms with E-state index in [0.29, 0.717) is 18.8 Å². The van der Waals surface area contributed by atoms with Crippen molar-refractivity contribution in [3.8, 4) is 0 Å². The second-order valence-corrected chi connectivity index (χ2v) is 4.08. The Hall–Kier alpha value is -0.410. The molecule has 2 unspecified atom stereocenters. The first-order valence-electron chi connectivity index (χ1n) is 5.49. The minimum atomic E-state index is -0.969. The lowest BCUT2D eigenvalue weighted by atomic mass is 9.95. The Bertz CT molecular complexity index is 171. The van der Waals surface area contributed by atoms with Gasteiger partial charge in [0.05, 0.1) is 0 Å². The standard InChI is InChI=1S/C11H23NO2/c1-4-6-9(12)11(14)10(13)7-8(3)5-2/h8-9,11,14H,4-7,12H2,1-3H3/t8-,9?,11?/m0/s1. The van der Waals surface area contributed by atoms with Crippen LogP contribution in [0.15, 0.2) is 0 Å². The molecule has 3 N–H and O–H groups in total. The molecule has 0 spiro atoms. The number of rotatable bonds is 7. The number of ketones is 1. The van der Waals surface area contributed by atoms with Crippen LogP contribution in [0.1, 0.15) is 46.5 Å². The van der Waals surface area contributed by atoms with E-state index in [1.54, 1.807) is 0 Å². The molecule has 0 bridgehead atoms. The molecule has 0 aliphatic carbocycles. The topological polar surface area (TPSA) is 63.3 Å². The lowest BCUT2D eigenvalue weighted by Crippen LogP contribution is -2.40. The average Bonchev–Trinajstić information content (AvgIpc) is 2.16. The first-order chi connectivity index (χ1) is 6.52. The normalized spacial score (nSPS) is 17.5. The summed E-state index contributed by atoms with van der Waals surface area (Å²) < 4.78 is 0. The van der Waals surface area contributed by atoms with Gasteiger partial charge in [0.1, 0.15) is 6.10 Å². The van der Waals surface area contributed by atoms with Gasteiger partial charge in [-0.3, -0.25) is 4.79 Å². The van der Waals surface area contributed by atoms with Crippen molar-refractivity contribution in [1.82, 2.24) is 0 Å². The highest BCUT2D eigenvalue weighted by Gasteiger charge is 2.22. The molecule has 84 valence electrons. The molecular weight excluding hydrogens is 178 g/mol. The minimum Gasteiger partial charge on any atom is -0.384 e. The van der Waals surface area contributed by atoms with Crippen molar-refractivity contribution in [3.05, 3.63) is 0 Å². The zero-order valence-corrected chi connectivity index (χ0v) is 9.49. The first-order valence-corrected chi connectivity index (χ1v) is 5.49. The highest BCUT2D eigenvalue weighted by molar-refractivity contribution is 5.83. The van der Waals surface area contributed by atoms with Gasteiger partial charge < -0.3 is 10.8 Å². The molecule has 0 saturated carbocycles. The largest absolute Gasteiger partial charge is 0.384 e. The van der Waals surface area contributed by atoms with Gasteiger partial charge in [-0.2, -0.15) is 0 Å². The van der Waals surface area contributed by atoms with Crippen LogP contribution in [0.4, 0.5) is 0 Å². The number of nitrogens with two attached hydrogens (primary N) is 1. The maximum absolute atomic E-state index is 11.5. The highest BCUT2D eigenvalue weighted by Crippen LogP contribution is 2.11. The molecule has 0 heterocycles. The molecule has 0 aromatic rings. The van der Waals surface area contributed by atoms with E-state index in [4.69, 9.17) is 5.73 Å². The van der Waals surface area contributed by atoms with E-state index in [2.05, 4.69) is 0 Å². The summed E-state index contributed by atoms with van der Waals surface area (Å²) >= 11 is 0. The van der Waals surface area contributed by atoms with Crippen molar-refractivity contribution < 1.29 is 9.90 Å². The Morgan fingerprint density at radius 1 is 1.43 bits per heavy atom. The molecule has 0 aliphatic heterocycles. The maximum atomic E-state index is 11.5. The molecule has 3 nitrogen and oxygen atoms in total. The lowest BCUT2D eigenvalue weighted by Gasteiger charge is -2.18. The van der Waals surface area contributed by atoms with Crippen molar-refractivity contribution in [1.29, 1.82) is 0 Å². The lowest BCUT2D eigenvalue weighted by molar-refractivity contribution is -0.129. The van der Waals surface area contributed by atoms with Crippen LogP contribution < -0.4 is 5.73 Å². The third-order valence-corrected chi connectivity index (χ3v) is 2.60. The zero-order valence-electron chi connectivity index (χ0n) is 9.49. The van der Waals surface area contributed by atoms with E-state index < -0.39 is 12.1 Å². The monoisotopic (exact) mass is 201 g/mol. The molecule has 0 radical (unpaired) electrons. The highest BCUT2D eigenvalue weighted by atomic mass is 16.3. The van der Waals surface area contributed by atoms with E-state index in [0.717, 1.165) is 12.8 Å². The molecule has 0 aromatic heterocycles. The summed E-state index contributed by atoms with van der Waals surface area (Å²) in [6.45, 7) is 6.04. The number of carbonyl (C=O) groups excluding carboxylic acids is 1. The molecule has 0 aliphatic rings. The zero-order chi connectivity index (χ0) is 11.1. The van der Waals surface area contributed by atoms with Crippen molar-refractivity contribution in [2.75, 3.05) is 0 Å². The fraction of sp³-hybridized carbons (Fsp3) is 0.909. The van der Waals surface area contributed by atoms with Crippen LogP contribution in [0.3, 0.4) is 0 Å². The Kier molecular flexibility index (Phi) is 6.75. The van der Waals surface area contributed by atoms with Crippen molar-refractivity contribution in [2.24, 2.45) is 11.7 Å². The van der Waals surface area contributed by atoms with Crippen LogP contribution in [-0.2, 0) is 4.79 Å². The molecule has 0 rings (SSSR count). The Morgan fingerprint density at radius 2 is 2.00 bits per heavy atom. The summed E-state index contributed by atoms with van der Waals surface area (Å²) in [7, 11) is 0. The molecule has 14 heavy (non-hydrogen) atoms. The van der Waals surface area contributed by atoms with Crippen LogP contribution >= 0.6 is 0 Å². The van der Waals surface area contributed by atoms with Gasteiger partial charge >= 0.3 is 0 Å². The second-order valence-electron chi connectivity index (χ2n) is 4.08. The summed E-state index contributed by atoms with van der Waals surface area (Å²) in [4.78, 5) is 11.5. The number of carbonyl (C=O) groups is 1. The summed E-state index contributed by atoms with van der Waals surface area (Å²) in [5.74, 6) is 0.228. The van der Waals surface area contributed by atoms with Crippen molar-refractivity contribution >= 4 is 5.78 Å². The summed E-state index contributed by atoms with van der Waals surface area (Å²) in [5, 5.41) is 9.59. The molecule has 3 heteroatoms.